The first-order valence-electron chi connectivity index (χ1n) is 6.86. The van der Waals surface area contributed by atoms with E-state index in [4.69, 9.17) is 5.11 Å². The highest BCUT2D eigenvalue weighted by molar-refractivity contribution is 7.85. The first-order valence-corrected chi connectivity index (χ1v) is 8.07. The van der Waals surface area contributed by atoms with Gasteiger partial charge in [0.25, 0.3) is 0 Å². The van der Waals surface area contributed by atoms with Crippen molar-refractivity contribution in [1.29, 1.82) is 0 Å². The van der Waals surface area contributed by atoms with E-state index in [2.05, 4.69) is 6.92 Å². The zero-order chi connectivity index (χ0) is 13.8. The monoisotopic (exact) mass is 280 g/mol. The minimum absolute atomic E-state index is 0.114. The van der Waals surface area contributed by atoms with Gasteiger partial charge in [-0.25, -0.2) is 4.79 Å². The summed E-state index contributed by atoms with van der Waals surface area (Å²) in [4.78, 5) is 11.7. The molecule has 1 saturated carbocycles. The standard InChI is InChI=1S/C15H20O3S/c1-2-11-7-9-12(10-8-11)19(18)14-6-4-3-5-13(14)15(16)17/h3-6,11-12H,2,7-10H2,1H3,(H,16,17). The lowest BCUT2D eigenvalue weighted by atomic mass is 9.87. The number of carbonyl (C=O) groups is 1. The Kier molecular flexibility index (Phi) is 4.75. The van der Waals surface area contributed by atoms with Crippen LogP contribution in [0, 0.1) is 5.92 Å². The molecule has 0 saturated heterocycles. The lowest BCUT2D eigenvalue weighted by Crippen LogP contribution is -2.24. The number of carboxylic acids is 1. The fourth-order valence-corrected chi connectivity index (χ4v) is 4.40. The number of hydrogen-bond acceptors (Lipinski definition) is 2. The lowest BCUT2D eigenvalue weighted by molar-refractivity contribution is 0.0693. The van der Waals surface area contributed by atoms with Crippen molar-refractivity contribution in [3.63, 3.8) is 0 Å². The van der Waals surface area contributed by atoms with Crippen LogP contribution in [0.25, 0.3) is 0 Å². The molecule has 0 amide bonds. The SMILES string of the molecule is CCC1CCC(S(=O)c2ccccc2C(=O)O)CC1. The minimum Gasteiger partial charge on any atom is -0.478 e. The topological polar surface area (TPSA) is 54.4 Å². The molecule has 1 aromatic carbocycles. The molecule has 1 unspecified atom stereocenters. The largest absolute Gasteiger partial charge is 0.478 e. The number of carboxylic acid groups (broad SMARTS) is 1. The van der Waals surface area contributed by atoms with Crippen LogP contribution in [0.5, 0.6) is 0 Å². The second-order valence-corrected chi connectivity index (χ2v) is 6.85. The molecule has 0 heterocycles. The molecule has 3 nitrogen and oxygen atoms in total. The highest BCUT2D eigenvalue weighted by Gasteiger charge is 2.27. The van der Waals surface area contributed by atoms with Crippen LogP contribution >= 0.6 is 0 Å². The van der Waals surface area contributed by atoms with E-state index < -0.39 is 16.8 Å². The molecule has 1 N–H and O–H groups in total. The van der Waals surface area contributed by atoms with Gasteiger partial charge in [-0.15, -0.1) is 0 Å². The van der Waals surface area contributed by atoms with Crippen LogP contribution < -0.4 is 0 Å². The zero-order valence-electron chi connectivity index (χ0n) is 11.2. The van der Waals surface area contributed by atoms with Crippen molar-refractivity contribution in [2.45, 2.75) is 49.2 Å². The highest BCUT2D eigenvalue weighted by atomic mass is 32.2. The second-order valence-electron chi connectivity index (χ2n) is 5.15. The van der Waals surface area contributed by atoms with Gasteiger partial charge in [0.15, 0.2) is 0 Å². The minimum atomic E-state index is -1.20. The molecule has 0 bridgehead atoms. The third-order valence-corrected chi connectivity index (χ3v) is 5.87. The summed E-state index contributed by atoms with van der Waals surface area (Å²) in [6.45, 7) is 2.20. The van der Waals surface area contributed by atoms with Crippen molar-refractivity contribution in [2.75, 3.05) is 0 Å². The Morgan fingerprint density at radius 3 is 2.47 bits per heavy atom. The summed E-state index contributed by atoms with van der Waals surface area (Å²) in [6.07, 6.45) is 5.30. The van der Waals surface area contributed by atoms with E-state index in [1.165, 1.54) is 12.5 Å². The Bertz CT molecular complexity index is 476. The molecule has 1 aliphatic rings. The molecule has 0 radical (unpaired) electrons. The van der Waals surface area contributed by atoms with E-state index in [0.29, 0.717) is 4.90 Å². The average Bonchev–Trinajstić information content (AvgIpc) is 2.46. The number of rotatable bonds is 4. The Morgan fingerprint density at radius 1 is 1.26 bits per heavy atom. The Balaban J connectivity index is 2.15. The first-order chi connectivity index (χ1) is 9.13. The quantitative estimate of drug-likeness (QED) is 0.919. The molecule has 19 heavy (non-hydrogen) atoms. The summed E-state index contributed by atoms with van der Waals surface area (Å²) in [5, 5.41) is 9.27. The van der Waals surface area contributed by atoms with Crippen molar-refractivity contribution < 1.29 is 14.1 Å². The maximum Gasteiger partial charge on any atom is 0.336 e. The van der Waals surface area contributed by atoms with Crippen LogP contribution in [-0.2, 0) is 10.8 Å². The third kappa shape index (κ3) is 3.24. The zero-order valence-corrected chi connectivity index (χ0v) is 12.0. The average molecular weight is 280 g/mol. The van der Waals surface area contributed by atoms with Gasteiger partial charge in [-0.05, 0) is 43.7 Å². The van der Waals surface area contributed by atoms with E-state index in [-0.39, 0.29) is 10.8 Å². The summed E-state index contributed by atoms with van der Waals surface area (Å²) in [5.41, 5.74) is 0.179. The van der Waals surface area contributed by atoms with E-state index >= 15 is 0 Å². The highest BCUT2D eigenvalue weighted by Crippen LogP contribution is 2.32. The molecule has 1 atom stereocenters. The van der Waals surface area contributed by atoms with Crippen LogP contribution in [0.4, 0.5) is 0 Å². The molecule has 0 spiro atoms. The Labute approximate surface area is 116 Å². The number of benzene rings is 1. The third-order valence-electron chi connectivity index (χ3n) is 4.01. The van der Waals surface area contributed by atoms with Gasteiger partial charge in [-0.2, -0.15) is 0 Å². The molecule has 1 aliphatic carbocycles. The van der Waals surface area contributed by atoms with Gasteiger partial charge in [-0.1, -0.05) is 25.5 Å². The predicted molar refractivity (Wildman–Crippen MR) is 75.8 cm³/mol. The van der Waals surface area contributed by atoms with Crippen molar-refractivity contribution in [3.8, 4) is 0 Å². The van der Waals surface area contributed by atoms with Gasteiger partial charge in [0, 0.05) is 5.25 Å². The second kappa shape index (κ2) is 6.33. The van der Waals surface area contributed by atoms with Gasteiger partial charge in [0.1, 0.15) is 0 Å². The van der Waals surface area contributed by atoms with Crippen molar-refractivity contribution in [1.82, 2.24) is 0 Å². The maximum atomic E-state index is 12.6. The van der Waals surface area contributed by atoms with E-state index in [1.54, 1.807) is 18.2 Å². The summed E-state index contributed by atoms with van der Waals surface area (Å²) < 4.78 is 12.6. The van der Waals surface area contributed by atoms with Gasteiger partial charge >= 0.3 is 5.97 Å². The smallest absolute Gasteiger partial charge is 0.336 e. The molecule has 104 valence electrons. The van der Waals surface area contributed by atoms with Crippen LogP contribution in [0.1, 0.15) is 49.4 Å². The molecule has 1 fully saturated rings. The van der Waals surface area contributed by atoms with Gasteiger partial charge < -0.3 is 5.11 Å². The lowest BCUT2D eigenvalue weighted by Gasteiger charge is -2.27. The van der Waals surface area contributed by atoms with Gasteiger partial charge in [0.2, 0.25) is 0 Å². The normalized spacial score (nSPS) is 24.9. The van der Waals surface area contributed by atoms with Gasteiger partial charge in [-0.3, -0.25) is 4.21 Å². The molecular formula is C15H20O3S. The summed E-state index contributed by atoms with van der Waals surface area (Å²) in [6, 6.07) is 6.66. The van der Waals surface area contributed by atoms with Crippen LogP contribution in [0.2, 0.25) is 0 Å². The Morgan fingerprint density at radius 2 is 1.89 bits per heavy atom. The Hall–Kier alpha value is -1.16. The van der Waals surface area contributed by atoms with E-state index in [0.717, 1.165) is 31.6 Å². The molecule has 1 aromatic rings. The van der Waals surface area contributed by atoms with E-state index in [9.17, 15) is 9.00 Å². The van der Waals surface area contributed by atoms with Gasteiger partial charge in [0.05, 0.1) is 21.3 Å². The molecule has 0 aromatic heterocycles. The molecule has 4 heteroatoms. The fraction of sp³-hybridized carbons (Fsp3) is 0.533. The fourth-order valence-electron chi connectivity index (χ4n) is 2.75. The molecular weight excluding hydrogens is 260 g/mol. The summed E-state index contributed by atoms with van der Waals surface area (Å²) >= 11 is 0. The van der Waals surface area contributed by atoms with Crippen LogP contribution in [-0.4, -0.2) is 20.5 Å². The number of hydrogen-bond donors (Lipinski definition) is 1. The summed E-state index contributed by atoms with van der Waals surface area (Å²) in [5.74, 6) is -0.242. The first kappa shape index (κ1) is 14.3. The van der Waals surface area contributed by atoms with Crippen molar-refractivity contribution >= 4 is 16.8 Å². The summed E-state index contributed by atoms with van der Waals surface area (Å²) in [7, 11) is -1.20. The van der Waals surface area contributed by atoms with E-state index in [1.807, 2.05) is 0 Å². The van der Waals surface area contributed by atoms with Crippen LogP contribution in [0.3, 0.4) is 0 Å². The maximum absolute atomic E-state index is 12.6. The predicted octanol–water partition coefficient (Wildman–Crippen LogP) is 3.46. The van der Waals surface area contributed by atoms with Crippen molar-refractivity contribution in [2.24, 2.45) is 5.92 Å². The molecule has 0 aliphatic heterocycles. The van der Waals surface area contributed by atoms with Crippen molar-refractivity contribution in [3.05, 3.63) is 29.8 Å². The molecule has 2 rings (SSSR count). The number of aromatic carboxylic acids is 1. The van der Waals surface area contributed by atoms with Crippen LogP contribution in [0.15, 0.2) is 29.2 Å².